The molecule has 0 bridgehead atoms. The molecular formula is C24H26N2O2. The number of hydrogen-bond donors (Lipinski definition) is 1. The zero-order chi connectivity index (χ0) is 19.3. The van der Waals surface area contributed by atoms with Crippen LogP contribution in [-0.2, 0) is 12.8 Å². The number of rotatable bonds is 7. The molecule has 4 heteroatoms. The topological polar surface area (TPSA) is 47.3 Å². The normalized spacial score (nSPS) is 13.9. The lowest BCUT2D eigenvalue weighted by Gasteiger charge is -2.09. The zero-order valence-corrected chi connectivity index (χ0v) is 16.5. The van der Waals surface area contributed by atoms with Gasteiger partial charge in [-0.15, -0.1) is 0 Å². The number of aromatic nitrogens is 1. The second kappa shape index (κ2) is 8.44. The van der Waals surface area contributed by atoms with Gasteiger partial charge in [0.1, 0.15) is 11.5 Å². The second-order valence-corrected chi connectivity index (χ2v) is 7.30. The molecule has 4 rings (SSSR count). The third-order valence-electron chi connectivity index (χ3n) is 5.17. The largest absolute Gasteiger partial charge is 0.493 e. The second-order valence-electron chi connectivity index (χ2n) is 7.30. The van der Waals surface area contributed by atoms with E-state index in [1.165, 1.54) is 16.7 Å². The summed E-state index contributed by atoms with van der Waals surface area (Å²) in [5.41, 5.74) is 6.19. The van der Waals surface area contributed by atoms with E-state index in [-0.39, 0.29) is 0 Å². The first-order chi connectivity index (χ1) is 13.7. The van der Waals surface area contributed by atoms with E-state index >= 15 is 0 Å². The van der Waals surface area contributed by atoms with Gasteiger partial charge in [0.25, 0.3) is 0 Å². The Morgan fingerprint density at radius 1 is 1.04 bits per heavy atom. The molecule has 0 spiro atoms. The van der Waals surface area contributed by atoms with Crippen LogP contribution in [0.1, 0.15) is 23.9 Å². The zero-order valence-electron chi connectivity index (χ0n) is 16.5. The quantitative estimate of drug-likeness (QED) is 0.607. The van der Waals surface area contributed by atoms with Crippen molar-refractivity contribution in [2.24, 2.45) is 0 Å². The lowest BCUT2D eigenvalue weighted by atomic mass is 10.0. The molecule has 1 aromatic heterocycles. The molecule has 0 saturated carbocycles. The van der Waals surface area contributed by atoms with Crippen molar-refractivity contribution in [3.63, 3.8) is 0 Å². The minimum atomic E-state index is 0.578. The molecule has 4 nitrogen and oxygen atoms in total. The fraction of sp³-hybridized carbons (Fsp3) is 0.292. The van der Waals surface area contributed by atoms with Crippen LogP contribution < -0.4 is 10.1 Å². The molecule has 1 aliphatic rings. The molecule has 0 amide bonds. The van der Waals surface area contributed by atoms with Crippen LogP contribution in [0.15, 0.2) is 70.2 Å². The smallest absolute Gasteiger partial charge is 0.226 e. The predicted octanol–water partition coefficient (Wildman–Crippen LogP) is 4.73. The maximum atomic E-state index is 6.00. The van der Waals surface area contributed by atoms with E-state index in [4.69, 9.17) is 9.15 Å². The van der Waals surface area contributed by atoms with Gasteiger partial charge in [-0.1, -0.05) is 41.5 Å². The van der Waals surface area contributed by atoms with Crippen LogP contribution in [0.2, 0.25) is 0 Å². The van der Waals surface area contributed by atoms with E-state index < -0.39 is 0 Å². The van der Waals surface area contributed by atoms with Crippen molar-refractivity contribution in [1.82, 2.24) is 10.3 Å². The number of nitrogens with zero attached hydrogens (tertiary/aromatic N) is 1. The summed E-state index contributed by atoms with van der Waals surface area (Å²) in [7, 11) is 0. The van der Waals surface area contributed by atoms with Crippen molar-refractivity contribution in [3.05, 3.63) is 82.8 Å². The molecule has 1 N–H and O–H groups in total. The third kappa shape index (κ3) is 4.34. The van der Waals surface area contributed by atoms with Crippen LogP contribution in [0.25, 0.3) is 11.5 Å². The van der Waals surface area contributed by atoms with Gasteiger partial charge >= 0.3 is 0 Å². The van der Waals surface area contributed by atoms with E-state index in [0.717, 1.165) is 48.7 Å². The Hall–Kier alpha value is -2.85. The van der Waals surface area contributed by atoms with Crippen LogP contribution in [0, 0.1) is 6.92 Å². The van der Waals surface area contributed by atoms with Gasteiger partial charge in [-0.25, -0.2) is 4.98 Å². The van der Waals surface area contributed by atoms with Crippen molar-refractivity contribution < 1.29 is 9.15 Å². The Balaban J connectivity index is 1.36. The summed E-state index contributed by atoms with van der Waals surface area (Å²) in [6.45, 7) is 6.74. The molecule has 0 saturated heterocycles. The van der Waals surface area contributed by atoms with Crippen molar-refractivity contribution >= 4 is 0 Å². The van der Waals surface area contributed by atoms with Crippen molar-refractivity contribution in [2.45, 2.75) is 26.7 Å². The Morgan fingerprint density at radius 3 is 2.68 bits per heavy atom. The van der Waals surface area contributed by atoms with Gasteiger partial charge in [0.15, 0.2) is 0 Å². The molecule has 0 fully saturated rings. The van der Waals surface area contributed by atoms with Crippen molar-refractivity contribution in [2.75, 3.05) is 19.7 Å². The summed E-state index contributed by atoms with van der Waals surface area (Å²) in [6.07, 6.45) is 1.71. The number of hydrogen-bond acceptors (Lipinski definition) is 4. The first-order valence-corrected chi connectivity index (χ1v) is 9.81. The minimum absolute atomic E-state index is 0.578. The Bertz CT molecular complexity index is 973. The summed E-state index contributed by atoms with van der Waals surface area (Å²) >= 11 is 0. The van der Waals surface area contributed by atoms with Crippen LogP contribution in [0.3, 0.4) is 0 Å². The van der Waals surface area contributed by atoms with Crippen molar-refractivity contribution in [1.29, 1.82) is 0 Å². The molecule has 0 unspecified atom stereocenters. The molecule has 1 aliphatic heterocycles. The predicted molar refractivity (Wildman–Crippen MR) is 112 cm³/mol. The molecule has 2 heterocycles. The van der Waals surface area contributed by atoms with Crippen LogP contribution in [0.4, 0.5) is 0 Å². The fourth-order valence-electron chi connectivity index (χ4n) is 3.51. The molecule has 144 valence electrons. The molecule has 28 heavy (non-hydrogen) atoms. The standard InChI is InChI=1S/C24H26N2O2/c1-17-15-25-16-21(17)13-19-7-6-10-22(14-19)27-12-11-23-18(2)28-24(26-23)20-8-4-3-5-9-20/h3-10,14,25H,11-13,15-16H2,1-2H3. The van der Waals surface area contributed by atoms with E-state index in [9.17, 15) is 0 Å². The highest BCUT2D eigenvalue weighted by Gasteiger charge is 2.12. The number of benzene rings is 2. The number of nitrogens with one attached hydrogen (secondary N) is 1. The summed E-state index contributed by atoms with van der Waals surface area (Å²) in [4.78, 5) is 4.65. The SMILES string of the molecule is CC1=C(Cc2cccc(OCCc3nc(-c4ccccc4)oc3C)c2)CNC1. The highest BCUT2D eigenvalue weighted by Crippen LogP contribution is 2.23. The molecule has 0 atom stereocenters. The number of aryl methyl sites for hydroxylation is 1. The monoisotopic (exact) mass is 374 g/mol. The van der Waals surface area contributed by atoms with Gasteiger partial charge in [0.05, 0.1) is 12.3 Å². The highest BCUT2D eigenvalue weighted by atomic mass is 16.5. The average molecular weight is 374 g/mol. The first kappa shape index (κ1) is 18.5. The summed E-state index contributed by atoms with van der Waals surface area (Å²) < 4.78 is 11.8. The average Bonchev–Trinajstić information content (AvgIpc) is 3.29. The first-order valence-electron chi connectivity index (χ1n) is 9.81. The van der Waals surface area contributed by atoms with Crippen molar-refractivity contribution in [3.8, 4) is 17.2 Å². The summed E-state index contributed by atoms with van der Waals surface area (Å²) in [6, 6.07) is 18.4. The lowest BCUT2D eigenvalue weighted by Crippen LogP contribution is -2.09. The van der Waals surface area contributed by atoms with Gasteiger partial charge < -0.3 is 14.5 Å². The number of oxazole rings is 1. The van der Waals surface area contributed by atoms with E-state index in [1.807, 2.05) is 43.3 Å². The Kier molecular flexibility index (Phi) is 5.58. The maximum Gasteiger partial charge on any atom is 0.226 e. The molecule has 2 aromatic carbocycles. The number of ether oxygens (including phenoxy) is 1. The molecular weight excluding hydrogens is 348 g/mol. The Labute approximate surface area is 166 Å². The Morgan fingerprint density at radius 2 is 1.89 bits per heavy atom. The van der Waals surface area contributed by atoms with Gasteiger partial charge in [-0.2, -0.15) is 0 Å². The third-order valence-corrected chi connectivity index (χ3v) is 5.17. The maximum absolute atomic E-state index is 6.00. The fourth-order valence-corrected chi connectivity index (χ4v) is 3.51. The molecule has 3 aromatic rings. The van der Waals surface area contributed by atoms with Crippen LogP contribution >= 0.6 is 0 Å². The van der Waals surface area contributed by atoms with E-state index in [0.29, 0.717) is 12.5 Å². The van der Waals surface area contributed by atoms with Gasteiger partial charge in [0.2, 0.25) is 5.89 Å². The highest BCUT2D eigenvalue weighted by molar-refractivity contribution is 5.53. The summed E-state index contributed by atoms with van der Waals surface area (Å²) in [5, 5.41) is 3.41. The summed E-state index contributed by atoms with van der Waals surface area (Å²) in [5.74, 6) is 2.43. The minimum Gasteiger partial charge on any atom is -0.493 e. The van der Waals surface area contributed by atoms with Crippen LogP contribution in [0.5, 0.6) is 5.75 Å². The van der Waals surface area contributed by atoms with Crippen LogP contribution in [-0.4, -0.2) is 24.7 Å². The van der Waals surface area contributed by atoms with Gasteiger partial charge in [-0.05, 0) is 50.1 Å². The van der Waals surface area contributed by atoms with E-state index in [2.05, 4.69) is 35.4 Å². The van der Waals surface area contributed by atoms with Gasteiger partial charge in [-0.3, -0.25) is 0 Å². The molecule has 0 aliphatic carbocycles. The molecule has 0 radical (unpaired) electrons. The van der Waals surface area contributed by atoms with E-state index in [1.54, 1.807) is 0 Å². The van der Waals surface area contributed by atoms with Gasteiger partial charge in [0, 0.05) is 25.1 Å². The lowest BCUT2D eigenvalue weighted by molar-refractivity contribution is 0.319.